The van der Waals surface area contributed by atoms with E-state index in [0.29, 0.717) is 10.9 Å². The molecular formula is C11H14ClN3O. The smallest absolute Gasteiger partial charge is 0.242 e. The van der Waals surface area contributed by atoms with Gasteiger partial charge in [0.25, 0.3) is 0 Å². The Balaban J connectivity index is 2.70. The third-order valence-corrected chi connectivity index (χ3v) is 2.23. The summed E-state index contributed by atoms with van der Waals surface area (Å²) in [5, 5.41) is 4.41. The highest BCUT2D eigenvalue weighted by Crippen LogP contribution is 2.06. The van der Waals surface area contributed by atoms with Crippen molar-refractivity contribution in [3.05, 3.63) is 29.0 Å². The van der Waals surface area contributed by atoms with Crippen LogP contribution in [0.3, 0.4) is 0 Å². The van der Waals surface area contributed by atoms with Gasteiger partial charge >= 0.3 is 0 Å². The molecule has 1 heterocycles. The van der Waals surface area contributed by atoms with E-state index in [-0.39, 0.29) is 11.8 Å². The van der Waals surface area contributed by atoms with E-state index in [0.717, 1.165) is 5.56 Å². The molecule has 0 bridgehead atoms. The van der Waals surface area contributed by atoms with Gasteiger partial charge in [-0.15, -0.1) is 0 Å². The number of halogens is 1. The summed E-state index contributed by atoms with van der Waals surface area (Å²) < 4.78 is 0. The molecule has 1 aromatic rings. The number of carbonyl (C=O) groups excluding carboxylic acids is 1. The van der Waals surface area contributed by atoms with E-state index < -0.39 is 0 Å². The zero-order valence-corrected chi connectivity index (χ0v) is 10.2. The van der Waals surface area contributed by atoms with E-state index in [1.165, 1.54) is 0 Å². The lowest BCUT2D eigenvalue weighted by Crippen LogP contribution is -2.24. The fourth-order valence-corrected chi connectivity index (χ4v) is 1.03. The molecule has 1 amide bonds. The average Bonchev–Trinajstić information content (AvgIpc) is 2.26. The third-order valence-electron chi connectivity index (χ3n) is 2.00. The monoisotopic (exact) mass is 239 g/mol. The topological polar surface area (TPSA) is 54.4 Å². The summed E-state index contributed by atoms with van der Waals surface area (Å²) in [7, 11) is 0. The molecule has 0 saturated carbocycles. The Bertz CT molecular complexity index is 398. The third kappa shape index (κ3) is 3.62. The lowest BCUT2D eigenvalue weighted by molar-refractivity contribution is -0.123. The summed E-state index contributed by atoms with van der Waals surface area (Å²) in [5.74, 6) is -0.193. The first-order valence-electron chi connectivity index (χ1n) is 4.96. The second-order valence-corrected chi connectivity index (χ2v) is 4.08. The number of nitrogens with one attached hydrogen (secondary N) is 1. The lowest BCUT2D eigenvalue weighted by Gasteiger charge is -2.04. The number of amides is 1. The first-order valence-corrected chi connectivity index (χ1v) is 5.34. The molecule has 0 aliphatic rings. The highest BCUT2D eigenvalue weighted by atomic mass is 35.5. The molecule has 0 saturated heterocycles. The summed E-state index contributed by atoms with van der Waals surface area (Å²) >= 11 is 5.66. The molecule has 1 aromatic heterocycles. The van der Waals surface area contributed by atoms with Gasteiger partial charge in [0.1, 0.15) is 5.15 Å². The number of aromatic nitrogens is 1. The van der Waals surface area contributed by atoms with E-state index >= 15 is 0 Å². The van der Waals surface area contributed by atoms with Crippen molar-refractivity contribution in [1.82, 2.24) is 10.4 Å². The van der Waals surface area contributed by atoms with Crippen molar-refractivity contribution >= 4 is 23.2 Å². The van der Waals surface area contributed by atoms with Crippen LogP contribution in [0.2, 0.25) is 5.15 Å². The molecule has 5 heteroatoms. The highest BCUT2D eigenvalue weighted by Gasteiger charge is 2.05. The number of hydrogen-bond donors (Lipinski definition) is 1. The van der Waals surface area contributed by atoms with E-state index in [9.17, 15) is 4.79 Å². The van der Waals surface area contributed by atoms with Crippen LogP contribution in [0, 0.1) is 5.92 Å². The quantitative estimate of drug-likeness (QED) is 0.500. The van der Waals surface area contributed by atoms with Crippen molar-refractivity contribution in [2.75, 3.05) is 0 Å². The molecule has 86 valence electrons. The highest BCUT2D eigenvalue weighted by molar-refractivity contribution is 6.29. The van der Waals surface area contributed by atoms with Crippen LogP contribution >= 0.6 is 11.6 Å². The first-order chi connectivity index (χ1) is 7.50. The molecule has 16 heavy (non-hydrogen) atoms. The van der Waals surface area contributed by atoms with Gasteiger partial charge < -0.3 is 0 Å². The largest absolute Gasteiger partial charge is 0.273 e. The SMILES string of the molecule is CC(=NNC(=O)C(C)C)c1ccc(Cl)nc1. The van der Waals surface area contributed by atoms with E-state index in [2.05, 4.69) is 15.5 Å². The van der Waals surface area contributed by atoms with Gasteiger partial charge in [-0.1, -0.05) is 25.4 Å². The van der Waals surface area contributed by atoms with Crippen LogP contribution in [0.4, 0.5) is 0 Å². The van der Waals surface area contributed by atoms with Gasteiger partial charge in [0.15, 0.2) is 0 Å². The van der Waals surface area contributed by atoms with Gasteiger partial charge in [-0.2, -0.15) is 5.10 Å². The minimum absolute atomic E-state index is 0.0834. The molecule has 4 nitrogen and oxygen atoms in total. The maximum atomic E-state index is 11.3. The summed E-state index contributed by atoms with van der Waals surface area (Å²) in [6.45, 7) is 5.42. The number of carbonyl (C=O) groups is 1. The Morgan fingerprint density at radius 3 is 2.69 bits per heavy atom. The fraction of sp³-hybridized carbons (Fsp3) is 0.364. The number of hydrazone groups is 1. The van der Waals surface area contributed by atoms with Crippen LogP contribution in [-0.2, 0) is 4.79 Å². The Hall–Kier alpha value is -1.42. The summed E-state index contributed by atoms with van der Waals surface area (Å²) in [4.78, 5) is 15.2. The van der Waals surface area contributed by atoms with Crippen molar-refractivity contribution < 1.29 is 4.79 Å². The molecular weight excluding hydrogens is 226 g/mol. The number of rotatable bonds is 3. The van der Waals surface area contributed by atoms with E-state index in [1.54, 1.807) is 25.3 Å². The molecule has 0 aliphatic carbocycles. The van der Waals surface area contributed by atoms with Gasteiger partial charge in [-0.3, -0.25) is 4.79 Å². The fourth-order valence-electron chi connectivity index (χ4n) is 0.922. The minimum Gasteiger partial charge on any atom is -0.273 e. The van der Waals surface area contributed by atoms with Crippen molar-refractivity contribution in [1.29, 1.82) is 0 Å². The average molecular weight is 240 g/mol. The van der Waals surface area contributed by atoms with Crippen molar-refractivity contribution in [3.63, 3.8) is 0 Å². The van der Waals surface area contributed by atoms with Crippen LogP contribution in [0.5, 0.6) is 0 Å². The summed E-state index contributed by atoms with van der Waals surface area (Å²) in [6, 6.07) is 3.48. The molecule has 0 aliphatic heterocycles. The van der Waals surface area contributed by atoms with Crippen LogP contribution < -0.4 is 5.43 Å². The van der Waals surface area contributed by atoms with Gasteiger partial charge in [-0.05, 0) is 19.1 Å². The Morgan fingerprint density at radius 2 is 2.19 bits per heavy atom. The van der Waals surface area contributed by atoms with Crippen LogP contribution in [-0.4, -0.2) is 16.6 Å². The van der Waals surface area contributed by atoms with E-state index in [1.807, 2.05) is 13.8 Å². The summed E-state index contributed by atoms with van der Waals surface area (Å²) in [6.07, 6.45) is 1.61. The second kappa shape index (κ2) is 5.61. The molecule has 0 radical (unpaired) electrons. The lowest BCUT2D eigenvalue weighted by atomic mass is 10.2. The number of pyridine rings is 1. The molecule has 0 spiro atoms. The van der Waals surface area contributed by atoms with Gasteiger partial charge in [-0.25, -0.2) is 10.4 Å². The van der Waals surface area contributed by atoms with Crippen LogP contribution in [0.1, 0.15) is 26.3 Å². The zero-order chi connectivity index (χ0) is 12.1. The molecule has 1 N–H and O–H groups in total. The molecule has 0 atom stereocenters. The van der Waals surface area contributed by atoms with Crippen molar-refractivity contribution in [2.45, 2.75) is 20.8 Å². The summed E-state index contributed by atoms with van der Waals surface area (Å²) in [5.41, 5.74) is 4.00. The molecule has 1 rings (SSSR count). The van der Waals surface area contributed by atoms with Crippen molar-refractivity contribution in [2.24, 2.45) is 11.0 Å². The van der Waals surface area contributed by atoms with Gasteiger partial charge in [0.05, 0.1) is 5.71 Å². The number of nitrogens with zero attached hydrogens (tertiary/aromatic N) is 2. The predicted octanol–water partition coefficient (Wildman–Crippen LogP) is 2.23. The maximum absolute atomic E-state index is 11.3. The molecule has 0 fully saturated rings. The van der Waals surface area contributed by atoms with E-state index in [4.69, 9.17) is 11.6 Å². The Morgan fingerprint density at radius 1 is 1.50 bits per heavy atom. The second-order valence-electron chi connectivity index (χ2n) is 3.70. The number of hydrogen-bond acceptors (Lipinski definition) is 3. The maximum Gasteiger partial charge on any atom is 0.242 e. The van der Waals surface area contributed by atoms with Crippen molar-refractivity contribution in [3.8, 4) is 0 Å². The Labute approximate surface area is 99.7 Å². The minimum atomic E-state index is -0.110. The zero-order valence-electron chi connectivity index (χ0n) is 9.49. The first kappa shape index (κ1) is 12.6. The van der Waals surface area contributed by atoms with Crippen LogP contribution in [0.15, 0.2) is 23.4 Å². The normalized spacial score (nSPS) is 11.7. The standard InChI is InChI=1S/C11H14ClN3O/c1-7(2)11(16)15-14-8(3)9-4-5-10(12)13-6-9/h4-7H,1-3H3,(H,15,16). The van der Waals surface area contributed by atoms with Crippen LogP contribution in [0.25, 0.3) is 0 Å². The van der Waals surface area contributed by atoms with Gasteiger partial charge in [0, 0.05) is 17.7 Å². The molecule has 0 unspecified atom stereocenters. The van der Waals surface area contributed by atoms with Gasteiger partial charge in [0.2, 0.25) is 5.91 Å². The molecule has 0 aromatic carbocycles. The Kier molecular flexibility index (Phi) is 4.43. The predicted molar refractivity (Wildman–Crippen MR) is 64.4 cm³/mol.